The molecule has 0 aliphatic heterocycles. The molecule has 0 N–H and O–H groups in total. The molecule has 596 valence electrons. The molecule has 22 heteroatoms. The molecular weight excluding hydrogens is 1300 g/mol. The van der Waals surface area contributed by atoms with Crippen LogP contribution >= 0.6 is 0 Å². The lowest BCUT2D eigenvalue weighted by Crippen LogP contribution is -2.49. The zero-order chi connectivity index (χ0) is 76.3. The minimum atomic E-state index is -0.639. The highest BCUT2D eigenvalue weighted by molar-refractivity contribution is 5.73. The van der Waals surface area contributed by atoms with Gasteiger partial charge in [0.1, 0.15) is 77.0 Å². The third-order valence-corrected chi connectivity index (χ3v) is 18.9. The number of hydrogen-bond acceptors (Lipinski definition) is 18. The van der Waals surface area contributed by atoms with Crippen molar-refractivity contribution in [2.75, 3.05) is 142 Å². The van der Waals surface area contributed by atoms with Crippen molar-refractivity contribution in [1.82, 2.24) is 0 Å². The van der Waals surface area contributed by atoms with Crippen molar-refractivity contribution in [2.45, 2.75) is 323 Å². The lowest BCUT2D eigenvalue weighted by atomic mass is 9.98. The van der Waals surface area contributed by atoms with E-state index in [9.17, 15) is 43.2 Å². The first-order valence-corrected chi connectivity index (χ1v) is 40.1. The Morgan fingerprint density at radius 3 is 0.647 bits per heavy atom. The molecule has 0 aromatic rings. The molecule has 0 saturated carbocycles. The largest absolute Gasteiger partial charge is 0.466 e. The zero-order valence-corrected chi connectivity index (χ0v) is 67.4. The number of quaternary nitrogens is 4. The SMILES string of the molecule is CCCCCCCCCCCCC(OC(=O)C[N+](C)(C)CCOC(C)=O)C(CCCCCCCCCCOC(=O)CCCCCCCCCC(OC(=O)C[N+](C)(C)CCOC(C)=O)C(CCCCCCCCCCCC)OC(=O)C[N+](C)(C)CCOC(C)=O)OC(=O)C[N+](C)(C)CCOC(C)=O. The summed E-state index contributed by atoms with van der Waals surface area (Å²) in [4.78, 5) is 114. The maximum absolute atomic E-state index is 13.8. The number of carbonyl (C=O) groups excluding carboxylic acids is 9. The van der Waals surface area contributed by atoms with Gasteiger partial charge in [0.2, 0.25) is 0 Å². The van der Waals surface area contributed by atoms with E-state index in [1.165, 1.54) is 105 Å². The van der Waals surface area contributed by atoms with E-state index in [4.69, 9.17) is 42.6 Å². The minimum absolute atomic E-state index is 0.0540. The van der Waals surface area contributed by atoms with E-state index in [2.05, 4.69) is 13.8 Å². The van der Waals surface area contributed by atoms with E-state index in [0.717, 1.165) is 148 Å². The summed E-state index contributed by atoms with van der Waals surface area (Å²) in [6.45, 7) is 13.0. The molecule has 22 nitrogen and oxygen atoms in total. The van der Waals surface area contributed by atoms with Crippen LogP contribution in [0.4, 0.5) is 0 Å². The summed E-state index contributed by atoms with van der Waals surface area (Å²) < 4.78 is 52.6. The van der Waals surface area contributed by atoms with E-state index in [1.54, 1.807) is 0 Å². The molecule has 0 aliphatic rings. The second-order valence-corrected chi connectivity index (χ2v) is 31.5. The van der Waals surface area contributed by atoms with Gasteiger partial charge in [-0.25, -0.2) is 19.2 Å². The number of carbonyl (C=O) groups is 9. The second kappa shape index (κ2) is 60.2. The normalized spacial score (nSPS) is 13.1. The highest BCUT2D eigenvalue weighted by Crippen LogP contribution is 2.25. The van der Waals surface area contributed by atoms with E-state index in [0.29, 0.717) is 64.9 Å². The van der Waals surface area contributed by atoms with Crippen LogP contribution in [0, 0.1) is 0 Å². The molecule has 0 spiro atoms. The monoisotopic (exact) mass is 1460 g/mol. The van der Waals surface area contributed by atoms with Gasteiger partial charge in [0, 0.05) is 34.1 Å². The Morgan fingerprint density at radius 2 is 0.431 bits per heavy atom. The van der Waals surface area contributed by atoms with Crippen molar-refractivity contribution in [1.29, 1.82) is 0 Å². The van der Waals surface area contributed by atoms with Crippen molar-refractivity contribution in [3.05, 3.63) is 0 Å². The van der Waals surface area contributed by atoms with E-state index in [1.807, 2.05) is 56.4 Å². The standard InChI is InChI=1S/C80H152N4O18/c1-15-17-19-21-23-25-27-32-38-44-50-72(99-77(90)64-81(7,8)55-60-94-68(3)85)74(101-79(92)66-83(11,12)57-62-96-70(5)87)52-46-40-34-29-30-37-43-49-59-98-76(89)54-48-42-36-31-35-41-47-53-75(102-80(93)67-84(13,14)58-63-97-71(6)88)73(51-45-39-33-28-26-24-22-20-18-16-2)100-78(91)65-82(9,10)56-61-95-69(4)86/h72-75H,15-67H2,1-14H3/q+4. The number of unbranched alkanes of at least 4 members (excludes halogenated alkanes) is 31. The van der Waals surface area contributed by atoms with Crippen molar-refractivity contribution < 1.29 is 104 Å². The highest BCUT2D eigenvalue weighted by atomic mass is 16.6. The van der Waals surface area contributed by atoms with Crippen LogP contribution in [0.3, 0.4) is 0 Å². The molecule has 0 aromatic carbocycles. The Balaban J connectivity index is 5.47. The fourth-order valence-electron chi connectivity index (χ4n) is 12.5. The van der Waals surface area contributed by atoms with Gasteiger partial charge >= 0.3 is 53.7 Å². The topological polar surface area (TPSA) is 237 Å². The number of rotatable bonds is 69. The van der Waals surface area contributed by atoms with Gasteiger partial charge in [-0.2, -0.15) is 0 Å². The second-order valence-electron chi connectivity index (χ2n) is 31.5. The maximum Gasteiger partial charge on any atom is 0.362 e. The van der Waals surface area contributed by atoms with Gasteiger partial charge in [-0.3, -0.25) is 24.0 Å². The third kappa shape index (κ3) is 61.4. The first-order valence-electron chi connectivity index (χ1n) is 40.1. The Hall–Kier alpha value is -4.93. The number of esters is 9. The van der Waals surface area contributed by atoms with Crippen molar-refractivity contribution in [2.24, 2.45) is 0 Å². The zero-order valence-electron chi connectivity index (χ0n) is 67.4. The molecule has 0 heterocycles. The Morgan fingerprint density at radius 1 is 0.235 bits per heavy atom. The lowest BCUT2D eigenvalue weighted by molar-refractivity contribution is -0.883. The summed E-state index contributed by atoms with van der Waals surface area (Å²) in [5.41, 5.74) is 0. The van der Waals surface area contributed by atoms with Gasteiger partial charge in [0.05, 0.1) is 63.0 Å². The molecule has 0 radical (unpaired) electrons. The van der Waals surface area contributed by atoms with Crippen LogP contribution in [0.5, 0.6) is 0 Å². The summed E-state index contributed by atoms with van der Waals surface area (Å²) in [6, 6.07) is 0. The van der Waals surface area contributed by atoms with E-state index < -0.39 is 48.3 Å². The summed E-state index contributed by atoms with van der Waals surface area (Å²) in [5, 5.41) is 0. The first-order chi connectivity index (χ1) is 48.4. The van der Waals surface area contributed by atoms with Gasteiger partial charge in [-0.05, 0) is 64.2 Å². The number of ether oxygens (including phenoxy) is 9. The fourth-order valence-corrected chi connectivity index (χ4v) is 12.5. The maximum atomic E-state index is 13.8. The van der Waals surface area contributed by atoms with Gasteiger partial charge < -0.3 is 60.6 Å². The Labute approximate surface area is 619 Å². The van der Waals surface area contributed by atoms with Crippen LogP contribution in [0.25, 0.3) is 0 Å². The van der Waals surface area contributed by atoms with Crippen molar-refractivity contribution in [3.8, 4) is 0 Å². The number of nitrogens with zero attached hydrogens (tertiary/aromatic N) is 4. The van der Waals surface area contributed by atoms with E-state index >= 15 is 0 Å². The van der Waals surface area contributed by atoms with Crippen molar-refractivity contribution >= 4 is 53.7 Å². The highest BCUT2D eigenvalue weighted by Gasteiger charge is 2.35. The Kier molecular flexibility index (Phi) is 57.3. The fraction of sp³-hybridized carbons (Fsp3) is 0.887. The van der Waals surface area contributed by atoms with Crippen LogP contribution in [0.1, 0.15) is 298 Å². The molecule has 0 saturated heterocycles. The van der Waals surface area contributed by atoms with Gasteiger partial charge in [0.15, 0.2) is 26.2 Å². The van der Waals surface area contributed by atoms with Crippen LogP contribution in [-0.4, -0.2) is 238 Å². The molecule has 0 bridgehead atoms. The van der Waals surface area contributed by atoms with Crippen LogP contribution in [0.2, 0.25) is 0 Å². The molecule has 102 heavy (non-hydrogen) atoms. The van der Waals surface area contributed by atoms with Crippen LogP contribution < -0.4 is 0 Å². The first kappa shape index (κ1) is 97.1. The Bertz CT molecular complexity index is 2240. The lowest BCUT2D eigenvalue weighted by Gasteiger charge is -2.32. The van der Waals surface area contributed by atoms with E-state index in [-0.39, 0.29) is 100 Å². The quantitative estimate of drug-likeness (QED) is 0.0238. The molecule has 4 unspecified atom stereocenters. The van der Waals surface area contributed by atoms with Crippen LogP contribution in [-0.2, 0) is 85.8 Å². The van der Waals surface area contributed by atoms with Crippen molar-refractivity contribution in [3.63, 3.8) is 0 Å². The van der Waals surface area contributed by atoms with Gasteiger partial charge in [-0.15, -0.1) is 0 Å². The minimum Gasteiger partial charge on any atom is -0.466 e. The summed E-state index contributed by atoms with van der Waals surface area (Å²) in [5.74, 6) is -3.25. The third-order valence-electron chi connectivity index (χ3n) is 18.9. The summed E-state index contributed by atoms with van der Waals surface area (Å²) >= 11 is 0. The van der Waals surface area contributed by atoms with Gasteiger partial charge in [0.25, 0.3) is 0 Å². The molecule has 0 aliphatic carbocycles. The molecule has 0 amide bonds. The molecule has 0 fully saturated rings. The average molecular weight is 1460 g/mol. The molecule has 0 aromatic heterocycles. The number of hydrogen-bond donors (Lipinski definition) is 0. The molecule has 4 atom stereocenters. The molecular formula is C80H152N4O18+4. The molecule has 0 rings (SSSR count). The van der Waals surface area contributed by atoms with Gasteiger partial charge in [-0.1, -0.05) is 200 Å². The predicted octanol–water partition coefficient (Wildman–Crippen LogP) is 14.4. The average Bonchev–Trinajstić information content (AvgIpc) is 0.863. The summed E-state index contributed by atoms with van der Waals surface area (Å²) in [6.07, 6.45) is 37.3. The van der Waals surface area contributed by atoms with Crippen LogP contribution in [0.15, 0.2) is 0 Å². The predicted molar refractivity (Wildman–Crippen MR) is 400 cm³/mol. The summed E-state index contributed by atoms with van der Waals surface area (Å²) in [7, 11) is 15.1. The number of likely N-dealkylation sites (N-methyl/N-ethyl adjacent to an activating group) is 4. The smallest absolute Gasteiger partial charge is 0.362 e.